The number of carbonyl (C=O) groups excluding carboxylic acids is 1. The van der Waals surface area contributed by atoms with Crippen molar-refractivity contribution in [1.82, 2.24) is 4.90 Å². The van der Waals surface area contributed by atoms with Crippen LogP contribution in [0.1, 0.15) is 37.2 Å². The van der Waals surface area contributed by atoms with E-state index in [1.807, 2.05) is 6.07 Å². The number of Topliss-reactive ketones (excluding diaryl/α,β-unsaturated/α-hetero) is 1. The molecule has 0 bridgehead atoms. The Morgan fingerprint density at radius 1 is 1.17 bits per heavy atom. The molecule has 2 unspecified atom stereocenters. The second-order valence-corrected chi connectivity index (χ2v) is 5.31. The standard InChI is InChI=1S/C15H18FNO/c16-12-6-2-1-5-11(12)15-13-7-3-4-9-17(13)10-8-14(15)18/h1-2,5-6,13,15H,3-4,7-10H2. The lowest BCUT2D eigenvalue weighted by Crippen LogP contribution is -2.50. The Kier molecular flexibility index (Phi) is 3.16. The van der Waals surface area contributed by atoms with Gasteiger partial charge in [-0.2, -0.15) is 0 Å². The van der Waals surface area contributed by atoms with E-state index in [2.05, 4.69) is 4.90 Å². The smallest absolute Gasteiger partial charge is 0.143 e. The highest BCUT2D eigenvalue weighted by molar-refractivity contribution is 5.87. The van der Waals surface area contributed by atoms with Crippen LogP contribution in [0.25, 0.3) is 0 Å². The third-order valence-electron chi connectivity index (χ3n) is 4.28. The first-order valence-corrected chi connectivity index (χ1v) is 6.78. The maximum Gasteiger partial charge on any atom is 0.143 e. The van der Waals surface area contributed by atoms with E-state index in [4.69, 9.17) is 0 Å². The van der Waals surface area contributed by atoms with Crippen molar-refractivity contribution in [3.05, 3.63) is 35.6 Å². The first-order chi connectivity index (χ1) is 8.77. The van der Waals surface area contributed by atoms with Crippen molar-refractivity contribution in [2.45, 2.75) is 37.6 Å². The summed E-state index contributed by atoms with van der Waals surface area (Å²) in [4.78, 5) is 14.6. The normalized spacial score (nSPS) is 29.1. The van der Waals surface area contributed by atoms with Crippen LogP contribution < -0.4 is 0 Å². The summed E-state index contributed by atoms with van der Waals surface area (Å²) in [6.07, 6.45) is 3.94. The summed E-state index contributed by atoms with van der Waals surface area (Å²) in [6, 6.07) is 6.97. The fraction of sp³-hybridized carbons (Fsp3) is 0.533. The Bertz CT molecular complexity index is 460. The van der Waals surface area contributed by atoms with Crippen molar-refractivity contribution in [1.29, 1.82) is 0 Å². The lowest BCUT2D eigenvalue weighted by atomic mass is 9.78. The summed E-state index contributed by atoms with van der Waals surface area (Å²) in [5.74, 6) is -0.272. The quantitative estimate of drug-likeness (QED) is 0.760. The second kappa shape index (κ2) is 4.81. The maximum atomic E-state index is 13.9. The molecule has 2 aliphatic heterocycles. The van der Waals surface area contributed by atoms with Gasteiger partial charge in [-0.05, 0) is 31.0 Å². The predicted molar refractivity (Wildman–Crippen MR) is 68.0 cm³/mol. The van der Waals surface area contributed by atoms with Crippen molar-refractivity contribution in [2.24, 2.45) is 0 Å². The van der Waals surface area contributed by atoms with Gasteiger partial charge in [-0.25, -0.2) is 4.39 Å². The van der Waals surface area contributed by atoms with Gasteiger partial charge in [0.2, 0.25) is 0 Å². The molecule has 0 spiro atoms. The third-order valence-corrected chi connectivity index (χ3v) is 4.28. The SMILES string of the molecule is O=C1CCN2CCCCC2C1c1ccccc1F. The van der Waals surface area contributed by atoms with Gasteiger partial charge in [-0.15, -0.1) is 0 Å². The second-order valence-electron chi connectivity index (χ2n) is 5.31. The molecule has 0 saturated carbocycles. The fourth-order valence-electron chi connectivity index (χ4n) is 3.40. The molecule has 1 aromatic rings. The maximum absolute atomic E-state index is 13.9. The molecule has 2 heterocycles. The van der Waals surface area contributed by atoms with Crippen LogP contribution in [0.4, 0.5) is 4.39 Å². The van der Waals surface area contributed by atoms with E-state index in [1.165, 1.54) is 12.5 Å². The van der Waals surface area contributed by atoms with Gasteiger partial charge >= 0.3 is 0 Å². The van der Waals surface area contributed by atoms with Gasteiger partial charge in [0.1, 0.15) is 11.6 Å². The molecule has 0 amide bonds. The zero-order valence-corrected chi connectivity index (χ0v) is 10.4. The highest BCUT2D eigenvalue weighted by Gasteiger charge is 2.39. The molecule has 3 rings (SSSR count). The summed E-state index contributed by atoms with van der Waals surface area (Å²) in [6.45, 7) is 1.91. The number of rotatable bonds is 1. The molecule has 2 nitrogen and oxygen atoms in total. The van der Waals surface area contributed by atoms with Gasteiger partial charge in [-0.3, -0.25) is 9.69 Å². The summed E-state index contributed by atoms with van der Waals surface area (Å²) < 4.78 is 13.9. The van der Waals surface area contributed by atoms with E-state index >= 15 is 0 Å². The number of nitrogens with zero attached hydrogens (tertiary/aromatic N) is 1. The van der Waals surface area contributed by atoms with Crippen molar-refractivity contribution >= 4 is 5.78 Å². The summed E-state index contributed by atoms with van der Waals surface area (Å²) in [5.41, 5.74) is 0.596. The zero-order chi connectivity index (χ0) is 12.5. The Morgan fingerprint density at radius 3 is 2.83 bits per heavy atom. The van der Waals surface area contributed by atoms with E-state index in [0.717, 1.165) is 25.9 Å². The van der Waals surface area contributed by atoms with Crippen LogP contribution in [0.5, 0.6) is 0 Å². The van der Waals surface area contributed by atoms with Gasteiger partial charge in [0, 0.05) is 19.0 Å². The fourth-order valence-corrected chi connectivity index (χ4v) is 3.40. The molecule has 0 aliphatic carbocycles. The molecule has 2 saturated heterocycles. The van der Waals surface area contributed by atoms with E-state index < -0.39 is 0 Å². The number of hydrogen-bond donors (Lipinski definition) is 0. The highest BCUT2D eigenvalue weighted by atomic mass is 19.1. The monoisotopic (exact) mass is 247 g/mol. The van der Waals surface area contributed by atoms with Crippen molar-refractivity contribution in [3.8, 4) is 0 Å². The molecule has 18 heavy (non-hydrogen) atoms. The van der Waals surface area contributed by atoms with Crippen LogP contribution in [0.3, 0.4) is 0 Å². The number of fused-ring (bicyclic) bond motifs is 1. The third kappa shape index (κ3) is 1.97. The Labute approximate surface area is 107 Å². The number of piperidine rings is 2. The van der Waals surface area contributed by atoms with Crippen LogP contribution in [-0.2, 0) is 4.79 Å². The summed E-state index contributed by atoms with van der Waals surface area (Å²) in [7, 11) is 0. The summed E-state index contributed by atoms with van der Waals surface area (Å²) in [5, 5.41) is 0. The van der Waals surface area contributed by atoms with Crippen LogP contribution >= 0.6 is 0 Å². The summed E-state index contributed by atoms with van der Waals surface area (Å²) >= 11 is 0. The molecule has 1 aromatic carbocycles. The molecule has 3 heteroatoms. The van der Waals surface area contributed by atoms with Crippen molar-refractivity contribution in [3.63, 3.8) is 0 Å². The molecule has 2 atom stereocenters. The van der Waals surface area contributed by atoms with E-state index in [0.29, 0.717) is 12.0 Å². The lowest BCUT2D eigenvalue weighted by Gasteiger charge is -2.43. The minimum Gasteiger partial charge on any atom is -0.299 e. The van der Waals surface area contributed by atoms with E-state index in [9.17, 15) is 9.18 Å². The number of benzene rings is 1. The molecule has 0 N–H and O–H groups in total. The molecule has 96 valence electrons. The predicted octanol–water partition coefficient (Wildman–Crippen LogP) is 2.74. The highest BCUT2D eigenvalue weighted by Crippen LogP contribution is 2.36. The number of ketones is 1. The average molecular weight is 247 g/mol. The number of carbonyl (C=O) groups is 1. The lowest BCUT2D eigenvalue weighted by molar-refractivity contribution is -0.126. The van der Waals surface area contributed by atoms with E-state index in [-0.39, 0.29) is 23.6 Å². The van der Waals surface area contributed by atoms with Gasteiger partial charge in [-0.1, -0.05) is 24.6 Å². The van der Waals surface area contributed by atoms with Crippen LogP contribution in [0, 0.1) is 5.82 Å². The van der Waals surface area contributed by atoms with E-state index in [1.54, 1.807) is 12.1 Å². The Balaban J connectivity index is 1.96. The van der Waals surface area contributed by atoms with Crippen LogP contribution in [-0.4, -0.2) is 29.8 Å². The molecule has 2 aliphatic rings. The first-order valence-electron chi connectivity index (χ1n) is 6.78. The van der Waals surface area contributed by atoms with Crippen LogP contribution in [0.2, 0.25) is 0 Å². The molecular weight excluding hydrogens is 229 g/mol. The van der Waals surface area contributed by atoms with Gasteiger partial charge in [0.15, 0.2) is 0 Å². The largest absolute Gasteiger partial charge is 0.299 e. The Morgan fingerprint density at radius 2 is 2.00 bits per heavy atom. The van der Waals surface area contributed by atoms with Gasteiger partial charge in [0.05, 0.1) is 5.92 Å². The number of hydrogen-bond acceptors (Lipinski definition) is 2. The van der Waals surface area contributed by atoms with Crippen LogP contribution in [0.15, 0.2) is 24.3 Å². The molecule has 0 aromatic heterocycles. The first kappa shape index (κ1) is 11.8. The Hall–Kier alpha value is -1.22. The molecule has 2 fully saturated rings. The molecular formula is C15H18FNO. The minimum absolute atomic E-state index is 0.211. The topological polar surface area (TPSA) is 20.3 Å². The zero-order valence-electron chi connectivity index (χ0n) is 10.4. The minimum atomic E-state index is -0.250. The van der Waals surface area contributed by atoms with Crippen molar-refractivity contribution in [2.75, 3.05) is 13.1 Å². The van der Waals surface area contributed by atoms with Gasteiger partial charge < -0.3 is 0 Å². The molecule has 0 radical (unpaired) electrons. The number of halogens is 1. The van der Waals surface area contributed by atoms with Crippen molar-refractivity contribution < 1.29 is 9.18 Å². The van der Waals surface area contributed by atoms with Gasteiger partial charge in [0.25, 0.3) is 0 Å². The average Bonchev–Trinajstić information content (AvgIpc) is 2.40.